The van der Waals surface area contributed by atoms with E-state index in [-0.39, 0.29) is 17.5 Å². The van der Waals surface area contributed by atoms with Gasteiger partial charge in [0.05, 0.1) is 12.3 Å². The smallest absolute Gasteiger partial charge is 0.230 e. The Morgan fingerprint density at radius 2 is 1.91 bits per heavy atom. The second-order valence-electron chi connectivity index (χ2n) is 5.14. The lowest BCUT2D eigenvalue weighted by molar-refractivity contribution is -0.118. The van der Waals surface area contributed by atoms with Gasteiger partial charge in [-0.15, -0.1) is 11.8 Å². The fourth-order valence-corrected chi connectivity index (χ4v) is 3.10. The molecule has 1 amide bonds. The van der Waals surface area contributed by atoms with Crippen molar-refractivity contribution in [1.29, 1.82) is 0 Å². The number of thioether (sulfide) groups is 1. The van der Waals surface area contributed by atoms with Crippen molar-refractivity contribution in [1.82, 2.24) is 5.32 Å². The van der Waals surface area contributed by atoms with Crippen molar-refractivity contribution in [3.63, 3.8) is 0 Å². The number of aryl methyl sites for hydroxylation is 1. The molecule has 0 saturated heterocycles. The van der Waals surface area contributed by atoms with Gasteiger partial charge in [-0.3, -0.25) is 4.79 Å². The van der Waals surface area contributed by atoms with Crippen molar-refractivity contribution < 1.29 is 13.6 Å². The Balaban J connectivity index is 1.58. The van der Waals surface area contributed by atoms with Gasteiger partial charge in [0, 0.05) is 15.8 Å². The van der Waals surface area contributed by atoms with E-state index in [4.69, 9.17) is 4.42 Å². The van der Waals surface area contributed by atoms with E-state index in [2.05, 4.69) is 5.32 Å². The summed E-state index contributed by atoms with van der Waals surface area (Å²) in [7, 11) is 0. The van der Waals surface area contributed by atoms with Gasteiger partial charge < -0.3 is 9.73 Å². The van der Waals surface area contributed by atoms with E-state index in [1.807, 2.05) is 31.2 Å². The molecule has 0 saturated carbocycles. The Bertz CT molecular complexity index is 844. The fourth-order valence-electron chi connectivity index (χ4n) is 2.33. The average molecular weight is 329 g/mol. The van der Waals surface area contributed by atoms with E-state index < -0.39 is 0 Å². The molecule has 3 rings (SSSR count). The summed E-state index contributed by atoms with van der Waals surface area (Å²) in [5.41, 5.74) is 1.85. The normalized spacial score (nSPS) is 10.9. The molecule has 0 bridgehead atoms. The van der Waals surface area contributed by atoms with Gasteiger partial charge in [0.15, 0.2) is 0 Å². The molecule has 5 heteroatoms. The van der Waals surface area contributed by atoms with Crippen LogP contribution in [0.25, 0.3) is 11.0 Å². The second kappa shape index (κ2) is 6.87. The molecule has 3 nitrogen and oxygen atoms in total. The standard InChI is InChI=1S/C18H16FNO2S/c1-12-13-6-2-4-8-15(13)22-16(12)10-20-18(21)11-23-17-9-5-3-7-14(17)19/h2-9H,10-11H2,1H3,(H,20,21). The van der Waals surface area contributed by atoms with Crippen LogP contribution >= 0.6 is 11.8 Å². The highest BCUT2D eigenvalue weighted by atomic mass is 32.2. The molecule has 0 radical (unpaired) electrons. The van der Waals surface area contributed by atoms with Gasteiger partial charge >= 0.3 is 0 Å². The molecule has 0 fully saturated rings. The van der Waals surface area contributed by atoms with E-state index >= 15 is 0 Å². The van der Waals surface area contributed by atoms with Gasteiger partial charge in [-0.2, -0.15) is 0 Å². The van der Waals surface area contributed by atoms with Crippen LogP contribution in [0, 0.1) is 12.7 Å². The Labute approximate surface area is 137 Å². The molecule has 0 unspecified atom stereocenters. The van der Waals surface area contributed by atoms with Gasteiger partial charge in [-0.05, 0) is 25.1 Å². The van der Waals surface area contributed by atoms with Gasteiger partial charge in [0.1, 0.15) is 17.2 Å². The predicted octanol–water partition coefficient (Wildman–Crippen LogP) is 4.29. The number of fused-ring (bicyclic) bond motifs is 1. The Kier molecular flexibility index (Phi) is 4.67. The molecule has 2 aromatic carbocycles. The van der Waals surface area contributed by atoms with Crippen LogP contribution in [0.1, 0.15) is 11.3 Å². The number of nitrogens with one attached hydrogen (secondary N) is 1. The quantitative estimate of drug-likeness (QED) is 0.710. The number of rotatable bonds is 5. The lowest BCUT2D eigenvalue weighted by atomic mass is 10.1. The number of benzene rings is 2. The summed E-state index contributed by atoms with van der Waals surface area (Å²) < 4.78 is 19.2. The fraction of sp³-hybridized carbons (Fsp3) is 0.167. The molecule has 0 atom stereocenters. The summed E-state index contributed by atoms with van der Waals surface area (Å²) in [5.74, 6) is 0.451. The maximum Gasteiger partial charge on any atom is 0.230 e. The van der Waals surface area contributed by atoms with E-state index in [1.54, 1.807) is 18.2 Å². The van der Waals surface area contributed by atoms with Crippen LogP contribution in [-0.4, -0.2) is 11.7 Å². The number of carbonyl (C=O) groups excluding carboxylic acids is 1. The minimum Gasteiger partial charge on any atom is -0.459 e. The third kappa shape index (κ3) is 3.56. The van der Waals surface area contributed by atoms with Gasteiger partial charge in [-0.1, -0.05) is 30.3 Å². The van der Waals surface area contributed by atoms with Crippen LogP contribution in [0.5, 0.6) is 0 Å². The summed E-state index contributed by atoms with van der Waals surface area (Å²) in [6, 6.07) is 14.2. The average Bonchev–Trinajstić information content (AvgIpc) is 2.89. The maximum absolute atomic E-state index is 13.5. The van der Waals surface area contributed by atoms with Crippen LogP contribution in [0.2, 0.25) is 0 Å². The first-order valence-corrected chi connectivity index (χ1v) is 8.25. The highest BCUT2D eigenvalue weighted by Gasteiger charge is 2.11. The van der Waals surface area contributed by atoms with Crippen LogP contribution in [-0.2, 0) is 11.3 Å². The molecular weight excluding hydrogens is 313 g/mol. The van der Waals surface area contributed by atoms with Crippen molar-refractivity contribution in [2.45, 2.75) is 18.4 Å². The third-order valence-corrected chi connectivity index (χ3v) is 4.63. The number of amides is 1. The van der Waals surface area contributed by atoms with Crippen LogP contribution in [0.3, 0.4) is 0 Å². The summed E-state index contributed by atoms with van der Waals surface area (Å²) in [5, 5.41) is 3.87. The molecule has 0 spiro atoms. The van der Waals surface area contributed by atoms with Crippen molar-refractivity contribution in [3.8, 4) is 0 Å². The summed E-state index contributed by atoms with van der Waals surface area (Å²) in [6.45, 7) is 2.30. The van der Waals surface area contributed by atoms with Crippen molar-refractivity contribution in [2.75, 3.05) is 5.75 Å². The van der Waals surface area contributed by atoms with Crippen LogP contribution in [0.4, 0.5) is 4.39 Å². The molecule has 0 aliphatic carbocycles. The minimum absolute atomic E-state index is 0.155. The summed E-state index contributed by atoms with van der Waals surface area (Å²) in [6.07, 6.45) is 0. The Hall–Kier alpha value is -2.27. The Morgan fingerprint density at radius 1 is 1.17 bits per heavy atom. The van der Waals surface area contributed by atoms with Crippen molar-refractivity contribution in [2.24, 2.45) is 0 Å². The van der Waals surface area contributed by atoms with Crippen molar-refractivity contribution >= 4 is 28.6 Å². The van der Waals surface area contributed by atoms with Gasteiger partial charge in [0.25, 0.3) is 0 Å². The third-order valence-electron chi connectivity index (χ3n) is 3.58. The number of para-hydroxylation sites is 1. The van der Waals surface area contributed by atoms with Crippen molar-refractivity contribution in [3.05, 3.63) is 65.7 Å². The number of halogens is 1. The summed E-state index contributed by atoms with van der Waals surface area (Å²) in [4.78, 5) is 12.4. The van der Waals surface area contributed by atoms with Crippen LogP contribution in [0.15, 0.2) is 57.8 Å². The highest BCUT2D eigenvalue weighted by Crippen LogP contribution is 2.25. The predicted molar refractivity (Wildman–Crippen MR) is 89.9 cm³/mol. The lowest BCUT2D eigenvalue weighted by Crippen LogP contribution is -2.24. The first kappa shape index (κ1) is 15.6. The zero-order valence-electron chi connectivity index (χ0n) is 12.6. The van der Waals surface area contributed by atoms with E-state index in [0.717, 1.165) is 22.3 Å². The maximum atomic E-state index is 13.5. The highest BCUT2D eigenvalue weighted by molar-refractivity contribution is 8.00. The second-order valence-corrected chi connectivity index (χ2v) is 6.16. The van der Waals surface area contributed by atoms with Gasteiger partial charge in [-0.25, -0.2) is 4.39 Å². The number of carbonyl (C=O) groups is 1. The SMILES string of the molecule is Cc1c(CNC(=O)CSc2ccccc2F)oc2ccccc12. The molecule has 23 heavy (non-hydrogen) atoms. The number of hydrogen-bond acceptors (Lipinski definition) is 3. The zero-order chi connectivity index (χ0) is 16.2. The monoisotopic (exact) mass is 329 g/mol. The molecule has 1 N–H and O–H groups in total. The zero-order valence-corrected chi connectivity index (χ0v) is 13.5. The first-order valence-electron chi connectivity index (χ1n) is 7.26. The molecule has 3 aromatic rings. The molecule has 118 valence electrons. The molecule has 1 heterocycles. The molecule has 0 aliphatic heterocycles. The van der Waals surface area contributed by atoms with Crippen LogP contribution < -0.4 is 5.32 Å². The number of hydrogen-bond donors (Lipinski definition) is 1. The minimum atomic E-state index is -0.307. The van der Waals surface area contributed by atoms with E-state index in [1.165, 1.54) is 17.8 Å². The molecule has 0 aliphatic rings. The lowest BCUT2D eigenvalue weighted by Gasteiger charge is -2.05. The Morgan fingerprint density at radius 3 is 2.70 bits per heavy atom. The molecule has 1 aromatic heterocycles. The first-order chi connectivity index (χ1) is 11.1. The van der Waals surface area contributed by atoms with Gasteiger partial charge in [0.2, 0.25) is 5.91 Å². The topological polar surface area (TPSA) is 42.2 Å². The number of furan rings is 1. The molecular formula is C18H16FNO2S. The van der Waals surface area contributed by atoms with E-state index in [0.29, 0.717) is 11.4 Å². The van der Waals surface area contributed by atoms with E-state index in [9.17, 15) is 9.18 Å². The largest absolute Gasteiger partial charge is 0.459 e. The summed E-state index contributed by atoms with van der Waals surface area (Å²) >= 11 is 1.18.